The van der Waals surface area contributed by atoms with Crippen molar-refractivity contribution in [3.05, 3.63) is 52.8 Å². The molecule has 0 aliphatic rings. The number of benzene rings is 1. The van der Waals surface area contributed by atoms with Crippen LogP contribution in [-0.2, 0) is 18.4 Å². The predicted molar refractivity (Wildman–Crippen MR) is 85.5 cm³/mol. The summed E-state index contributed by atoms with van der Waals surface area (Å²) < 4.78 is 7.82. The highest BCUT2D eigenvalue weighted by Crippen LogP contribution is 2.19. The van der Waals surface area contributed by atoms with Gasteiger partial charge in [0, 0.05) is 18.5 Å². The molecular formula is C15H14N4O2S. The molecule has 2 aromatic heterocycles. The first-order chi connectivity index (χ1) is 10.6. The van der Waals surface area contributed by atoms with E-state index in [1.165, 1.54) is 6.08 Å². The van der Waals surface area contributed by atoms with E-state index in [4.69, 9.17) is 16.6 Å². The Morgan fingerprint density at radius 1 is 1.50 bits per heavy atom. The fraction of sp³-hybridized carbons (Fsp3) is 0.133. The van der Waals surface area contributed by atoms with Crippen molar-refractivity contribution in [2.45, 2.75) is 6.54 Å². The first kappa shape index (κ1) is 14.3. The summed E-state index contributed by atoms with van der Waals surface area (Å²) in [7, 11) is 1.79. The minimum atomic E-state index is -0.227. The number of nitrogens with one attached hydrogen (secondary N) is 2. The van der Waals surface area contributed by atoms with Crippen LogP contribution in [0.25, 0.3) is 17.0 Å². The van der Waals surface area contributed by atoms with E-state index >= 15 is 0 Å². The molecule has 0 fully saturated rings. The van der Waals surface area contributed by atoms with Crippen LogP contribution in [0.2, 0.25) is 0 Å². The first-order valence-electron chi connectivity index (χ1n) is 6.68. The third-order valence-electron chi connectivity index (χ3n) is 3.24. The van der Waals surface area contributed by atoms with E-state index in [2.05, 4.69) is 15.5 Å². The van der Waals surface area contributed by atoms with E-state index in [1.54, 1.807) is 17.7 Å². The van der Waals surface area contributed by atoms with Gasteiger partial charge in [0.05, 0.1) is 6.54 Å². The molecule has 3 aromatic rings. The van der Waals surface area contributed by atoms with Gasteiger partial charge in [-0.2, -0.15) is 5.10 Å². The molecule has 0 saturated heterocycles. The molecule has 3 rings (SSSR count). The van der Waals surface area contributed by atoms with Crippen molar-refractivity contribution in [3.63, 3.8) is 0 Å². The standard InChI is InChI=1S/C15H14N4O2S/c1-19-13(17-18-15(19)22)9-16-14(20)7-6-11-8-10-4-2-3-5-12(10)21-11/h2-8H,9H2,1H3,(H,16,20)(H,18,22). The smallest absolute Gasteiger partial charge is 0.244 e. The Bertz CT molecular complexity index is 871. The van der Waals surface area contributed by atoms with Crippen LogP contribution in [0.15, 0.2) is 40.8 Å². The van der Waals surface area contributed by atoms with Crippen molar-refractivity contribution in [2.24, 2.45) is 7.05 Å². The van der Waals surface area contributed by atoms with Crippen molar-refractivity contribution in [1.29, 1.82) is 0 Å². The minimum Gasteiger partial charge on any atom is -0.457 e. The highest BCUT2D eigenvalue weighted by Gasteiger charge is 2.04. The highest BCUT2D eigenvalue weighted by molar-refractivity contribution is 7.71. The predicted octanol–water partition coefficient (Wildman–Crippen LogP) is 2.55. The zero-order chi connectivity index (χ0) is 15.5. The molecule has 1 aromatic carbocycles. The maximum Gasteiger partial charge on any atom is 0.244 e. The van der Waals surface area contributed by atoms with Crippen LogP contribution in [0.3, 0.4) is 0 Å². The van der Waals surface area contributed by atoms with E-state index in [9.17, 15) is 4.79 Å². The second kappa shape index (κ2) is 5.98. The molecule has 22 heavy (non-hydrogen) atoms. The molecule has 0 spiro atoms. The van der Waals surface area contributed by atoms with Gasteiger partial charge < -0.3 is 14.3 Å². The quantitative estimate of drug-likeness (QED) is 0.573. The van der Waals surface area contributed by atoms with Gasteiger partial charge in [-0.25, -0.2) is 0 Å². The number of aromatic nitrogens is 3. The molecule has 0 radical (unpaired) electrons. The highest BCUT2D eigenvalue weighted by atomic mass is 32.1. The van der Waals surface area contributed by atoms with Crippen molar-refractivity contribution >= 4 is 35.2 Å². The molecule has 6 nitrogen and oxygen atoms in total. The van der Waals surface area contributed by atoms with Crippen LogP contribution >= 0.6 is 12.2 Å². The lowest BCUT2D eigenvalue weighted by atomic mass is 10.2. The molecule has 7 heteroatoms. The first-order valence-corrected chi connectivity index (χ1v) is 7.09. The summed E-state index contributed by atoms with van der Waals surface area (Å²) in [5.41, 5.74) is 0.795. The maximum atomic E-state index is 11.8. The molecule has 112 valence electrons. The number of hydrogen-bond donors (Lipinski definition) is 2. The van der Waals surface area contributed by atoms with Crippen LogP contribution < -0.4 is 5.32 Å². The second-order valence-corrected chi connectivity index (χ2v) is 5.13. The van der Waals surface area contributed by atoms with Gasteiger partial charge >= 0.3 is 0 Å². The van der Waals surface area contributed by atoms with E-state index < -0.39 is 0 Å². The summed E-state index contributed by atoms with van der Waals surface area (Å²) >= 11 is 5.01. The normalized spacial score (nSPS) is 11.3. The van der Waals surface area contributed by atoms with E-state index in [1.807, 2.05) is 30.3 Å². The van der Waals surface area contributed by atoms with Gasteiger partial charge in [-0.3, -0.25) is 9.89 Å². The summed E-state index contributed by atoms with van der Waals surface area (Å²) in [5.74, 6) is 1.07. The summed E-state index contributed by atoms with van der Waals surface area (Å²) in [6.07, 6.45) is 3.07. The third kappa shape index (κ3) is 2.99. The average Bonchev–Trinajstić information content (AvgIpc) is 3.07. The Morgan fingerprint density at radius 3 is 3.05 bits per heavy atom. The number of fused-ring (bicyclic) bond motifs is 1. The average molecular weight is 314 g/mol. The molecule has 0 bridgehead atoms. The lowest BCUT2D eigenvalue weighted by molar-refractivity contribution is -0.116. The van der Waals surface area contributed by atoms with Crippen molar-refractivity contribution < 1.29 is 9.21 Å². The SMILES string of the molecule is Cn1c(CNC(=O)C=Cc2cc3ccccc3o2)n[nH]c1=S. The molecule has 0 aliphatic carbocycles. The Morgan fingerprint density at radius 2 is 2.32 bits per heavy atom. The number of carbonyl (C=O) groups excluding carboxylic acids is 1. The summed E-state index contributed by atoms with van der Waals surface area (Å²) in [5, 5.41) is 10.4. The fourth-order valence-electron chi connectivity index (χ4n) is 2.01. The van der Waals surface area contributed by atoms with Crippen molar-refractivity contribution in [2.75, 3.05) is 0 Å². The van der Waals surface area contributed by atoms with Gasteiger partial charge in [0.15, 0.2) is 10.6 Å². The topological polar surface area (TPSA) is 75.8 Å². The van der Waals surface area contributed by atoms with Crippen LogP contribution in [0, 0.1) is 4.77 Å². The molecule has 0 unspecified atom stereocenters. The van der Waals surface area contributed by atoms with Gasteiger partial charge in [-0.15, -0.1) is 0 Å². The third-order valence-corrected chi connectivity index (χ3v) is 3.60. The molecule has 0 saturated carbocycles. The van der Waals surface area contributed by atoms with Crippen molar-refractivity contribution in [1.82, 2.24) is 20.1 Å². The lowest BCUT2D eigenvalue weighted by Crippen LogP contribution is -2.22. The Balaban J connectivity index is 1.63. The number of hydrogen-bond acceptors (Lipinski definition) is 4. The van der Waals surface area contributed by atoms with Gasteiger partial charge in [0.2, 0.25) is 5.91 Å². The Labute approximate surface area is 131 Å². The minimum absolute atomic E-state index is 0.227. The van der Waals surface area contributed by atoms with Crippen LogP contribution in [0.5, 0.6) is 0 Å². The van der Waals surface area contributed by atoms with Gasteiger partial charge in [0.1, 0.15) is 11.3 Å². The van der Waals surface area contributed by atoms with E-state index in [0.29, 0.717) is 22.9 Å². The second-order valence-electron chi connectivity index (χ2n) is 4.74. The number of aromatic amines is 1. The van der Waals surface area contributed by atoms with Gasteiger partial charge in [-0.05, 0) is 30.4 Å². The molecular weight excluding hydrogens is 300 g/mol. The number of furan rings is 1. The van der Waals surface area contributed by atoms with Crippen LogP contribution in [0.4, 0.5) is 0 Å². The van der Waals surface area contributed by atoms with E-state index in [-0.39, 0.29) is 5.91 Å². The maximum absolute atomic E-state index is 11.8. The van der Waals surface area contributed by atoms with Crippen LogP contribution in [-0.4, -0.2) is 20.7 Å². The molecule has 1 amide bonds. The largest absolute Gasteiger partial charge is 0.457 e. The summed E-state index contributed by atoms with van der Waals surface area (Å²) in [4.78, 5) is 11.8. The molecule has 0 atom stereocenters. The zero-order valence-electron chi connectivity index (χ0n) is 11.9. The van der Waals surface area contributed by atoms with Gasteiger partial charge in [-0.1, -0.05) is 18.2 Å². The number of carbonyl (C=O) groups is 1. The number of H-pyrrole nitrogens is 1. The molecule has 0 aliphatic heterocycles. The number of amides is 1. The number of rotatable bonds is 4. The molecule has 2 N–H and O–H groups in total. The lowest BCUT2D eigenvalue weighted by Gasteiger charge is -2.00. The summed E-state index contributed by atoms with van der Waals surface area (Å²) in [6.45, 7) is 0.299. The van der Waals surface area contributed by atoms with Crippen LogP contribution in [0.1, 0.15) is 11.6 Å². The zero-order valence-corrected chi connectivity index (χ0v) is 12.7. The van der Waals surface area contributed by atoms with Gasteiger partial charge in [0.25, 0.3) is 0 Å². The number of nitrogens with zero attached hydrogens (tertiary/aromatic N) is 2. The Hall–Kier alpha value is -2.67. The van der Waals surface area contributed by atoms with E-state index in [0.717, 1.165) is 11.0 Å². The summed E-state index contributed by atoms with van der Waals surface area (Å²) in [6, 6.07) is 9.58. The number of para-hydroxylation sites is 1. The fourth-order valence-corrected chi connectivity index (χ4v) is 2.16. The van der Waals surface area contributed by atoms with Crippen molar-refractivity contribution in [3.8, 4) is 0 Å². The Kier molecular flexibility index (Phi) is 3.88. The monoisotopic (exact) mass is 314 g/mol. The molecule has 2 heterocycles.